The summed E-state index contributed by atoms with van der Waals surface area (Å²) in [7, 11) is 1.31. The number of methoxy groups -OCH3 is 1. The van der Waals surface area contributed by atoms with E-state index in [1.54, 1.807) is 0 Å². The van der Waals surface area contributed by atoms with E-state index < -0.39 is 17.2 Å². The lowest BCUT2D eigenvalue weighted by Crippen LogP contribution is -2.34. The third-order valence-electron chi connectivity index (χ3n) is 3.27. The Hall–Kier alpha value is -1.16. The molecule has 1 aliphatic rings. The molecule has 88 valence electrons. The van der Waals surface area contributed by atoms with Crippen molar-refractivity contribution in [3.63, 3.8) is 0 Å². The SMILES string of the molecule is COc1cc(F)c(C2(N)CCCC2)cc1F. The van der Waals surface area contributed by atoms with Crippen molar-refractivity contribution in [2.75, 3.05) is 7.11 Å². The van der Waals surface area contributed by atoms with Crippen molar-refractivity contribution in [2.45, 2.75) is 31.2 Å². The van der Waals surface area contributed by atoms with Crippen molar-refractivity contribution < 1.29 is 13.5 Å². The minimum atomic E-state index is -0.711. The quantitative estimate of drug-likeness (QED) is 0.843. The van der Waals surface area contributed by atoms with Gasteiger partial charge in [0, 0.05) is 17.2 Å². The Morgan fingerprint density at radius 2 is 1.81 bits per heavy atom. The first-order chi connectivity index (χ1) is 7.57. The Balaban J connectivity index is 2.45. The van der Waals surface area contributed by atoms with E-state index in [1.807, 2.05) is 0 Å². The monoisotopic (exact) mass is 227 g/mol. The van der Waals surface area contributed by atoms with E-state index in [0.717, 1.165) is 18.9 Å². The Bertz CT molecular complexity index is 400. The number of ether oxygens (including phenoxy) is 1. The Kier molecular flexibility index (Phi) is 2.84. The normalized spacial score (nSPS) is 18.8. The standard InChI is InChI=1S/C12H15F2NO/c1-16-11-7-9(13)8(6-10(11)14)12(15)4-2-3-5-12/h6-7H,2-5,15H2,1H3. The molecule has 4 heteroatoms. The number of halogens is 2. The summed E-state index contributed by atoms with van der Waals surface area (Å²) in [5.74, 6) is -1.12. The molecule has 0 amide bonds. The van der Waals surface area contributed by atoms with Gasteiger partial charge in [-0.3, -0.25) is 0 Å². The highest BCUT2D eigenvalue weighted by Gasteiger charge is 2.34. The zero-order chi connectivity index (χ0) is 11.8. The Labute approximate surface area is 93.4 Å². The molecular formula is C12H15F2NO. The van der Waals surface area contributed by atoms with Crippen molar-refractivity contribution in [2.24, 2.45) is 5.73 Å². The molecule has 2 N–H and O–H groups in total. The van der Waals surface area contributed by atoms with Crippen LogP contribution in [0.5, 0.6) is 5.75 Å². The van der Waals surface area contributed by atoms with E-state index in [1.165, 1.54) is 13.2 Å². The summed E-state index contributed by atoms with van der Waals surface area (Å²) in [6.07, 6.45) is 3.33. The molecule has 1 fully saturated rings. The summed E-state index contributed by atoms with van der Waals surface area (Å²) in [6.45, 7) is 0. The molecule has 0 atom stereocenters. The van der Waals surface area contributed by atoms with E-state index >= 15 is 0 Å². The van der Waals surface area contributed by atoms with E-state index in [2.05, 4.69) is 0 Å². The predicted molar refractivity (Wildman–Crippen MR) is 57.2 cm³/mol. The average Bonchev–Trinajstić information content (AvgIpc) is 2.69. The van der Waals surface area contributed by atoms with Gasteiger partial charge in [0.1, 0.15) is 5.82 Å². The molecule has 0 spiro atoms. The molecule has 0 radical (unpaired) electrons. The van der Waals surface area contributed by atoms with Crippen LogP contribution in [0.15, 0.2) is 12.1 Å². The molecule has 0 aliphatic heterocycles. The zero-order valence-corrected chi connectivity index (χ0v) is 9.22. The minimum Gasteiger partial charge on any atom is -0.494 e. The Morgan fingerprint density at radius 3 is 2.38 bits per heavy atom. The highest BCUT2D eigenvalue weighted by Crippen LogP contribution is 2.38. The third-order valence-corrected chi connectivity index (χ3v) is 3.27. The first kappa shape index (κ1) is 11.3. The molecule has 16 heavy (non-hydrogen) atoms. The van der Waals surface area contributed by atoms with E-state index in [-0.39, 0.29) is 11.3 Å². The number of hydrogen-bond donors (Lipinski definition) is 1. The zero-order valence-electron chi connectivity index (χ0n) is 9.22. The molecule has 1 aromatic carbocycles. The molecule has 1 aliphatic carbocycles. The van der Waals surface area contributed by atoms with Gasteiger partial charge in [0.2, 0.25) is 0 Å². The Morgan fingerprint density at radius 1 is 1.19 bits per heavy atom. The second kappa shape index (κ2) is 4.01. The van der Waals surface area contributed by atoms with Gasteiger partial charge in [0.15, 0.2) is 11.6 Å². The lowest BCUT2D eigenvalue weighted by atomic mass is 9.89. The molecule has 2 nitrogen and oxygen atoms in total. The van der Waals surface area contributed by atoms with Crippen molar-refractivity contribution in [1.82, 2.24) is 0 Å². The van der Waals surface area contributed by atoms with Crippen LogP contribution < -0.4 is 10.5 Å². The van der Waals surface area contributed by atoms with Crippen LogP contribution in [0.2, 0.25) is 0 Å². The lowest BCUT2D eigenvalue weighted by Gasteiger charge is -2.25. The summed E-state index contributed by atoms with van der Waals surface area (Å²) in [6, 6.07) is 2.23. The van der Waals surface area contributed by atoms with Crippen LogP contribution in [0.3, 0.4) is 0 Å². The second-order valence-electron chi connectivity index (χ2n) is 4.33. The van der Waals surface area contributed by atoms with Crippen LogP contribution in [0.1, 0.15) is 31.2 Å². The van der Waals surface area contributed by atoms with Crippen molar-refractivity contribution in [3.05, 3.63) is 29.3 Å². The average molecular weight is 227 g/mol. The van der Waals surface area contributed by atoms with Crippen LogP contribution in [0.25, 0.3) is 0 Å². The van der Waals surface area contributed by atoms with Crippen LogP contribution in [0, 0.1) is 11.6 Å². The van der Waals surface area contributed by atoms with Gasteiger partial charge in [-0.2, -0.15) is 0 Å². The maximum Gasteiger partial charge on any atom is 0.165 e. The number of nitrogens with two attached hydrogens (primary N) is 1. The van der Waals surface area contributed by atoms with Crippen molar-refractivity contribution in [3.8, 4) is 5.75 Å². The fourth-order valence-corrected chi connectivity index (χ4v) is 2.34. The summed E-state index contributed by atoms with van der Waals surface area (Å²) in [5, 5.41) is 0. The molecule has 1 saturated carbocycles. The topological polar surface area (TPSA) is 35.2 Å². The maximum absolute atomic E-state index is 13.8. The highest BCUT2D eigenvalue weighted by molar-refractivity contribution is 5.35. The fourth-order valence-electron chi connectivity index (χ4n) is 2.34. The molecule has 0 aromatic heterocycles. The highest BCUT2D eigenvalue weighted by atomic mass is 19.1. The molecule has 0 bridgehead atoms. The van der Waals surface area contributed by atoms with Crippen molar-refractivity contribution in [1.29, 1.82) is 0 Å². The lowest BCUT2D eigenvalue weighted by molar-refractivity contribution is 0.374. The second-order valence-corrected chi connectivity index (χ2v) is 4.33. The van der Waals surface area contributed by atoms with Gasteiger partial charge in [0.05, 0.1) is 7.11 Å². The van der Waals surface area contributed by atoms with Crippen LogP contribution >= 0.6 is 0 Å². The van der Waals surface area contributed by atoms with Gasteiger partial charge in [-0.25, -0.2) is 8.78 Å². The number of rotatable bonds is 2. The molecule has 0 unspecified atom stereocenters. The predicted octanol–water partition coefficient (Wildman–Crippen LogP) is 2.70. The molecule has 0 saturated heterocycles. The number of hydrogen-bond acceptors (Lipinski definition) is 2. The molecule has 2 rings (SSSR count). The van der Waals surface area contributed by atoms with Gasteiger partial charge in [0.25, 0.3) is 0 Å². The van der Waals surface area contributed by atoms with Gasteiger partial charge in [-0.15, -0.1) is 0 Å². The van der Waals surface area contributed by atoms with E-state index in [0.29, 0.717) is 12.8 Å². The van der Waals surface area contributed by atoms with Gasteiger partial charge >= 0.3 is 0 Å². The summed E-state index contributed by atoms with van der Waals surface area (Å²) >= 11 is 0. The third kappa shape index (κ3) is 1.78. The van der Waals surface area contributed by atoms with Crippen LogP contribution in [0.4, 0.5) is 8.78 Å². The summed E-state index contributed by atoms with van der Waals surface area (Å²) in [4.78, 5) is 0. The molecular weight excluding hydrogens is 212 g/mol. The minimum absolute atomic E-state index is 0.0807. The fraction of sp³-hybridized carbons (Fsp3) is 0.500. The first-order valence-corrected chi connectivity index (χ1v) is 5.39. The summed E-state index contributed by atoms with van der Waals surface area (Å²) in [5.41, 5.74) is 5.65. The van der Waals surface area contributed by atoms with Gasteiger partial charge < -0.3 is 10.5 Å². The van der Waals surface area contributed by atoms with Crippen molar-refractivity contribution >= 4 is 0 Å². The van der Waals surface area contributed by atoms with E-state index in [4.69, 9.17) is 10.5 Å². The van der Waals surface area contributed by atoms with Gasteiger partial charge in [-0.1, -0.05) is 12.8 Å². The van der Waals surface area contributed by atoms with Gasteiger partial charge in [-0.05, 0) is 18.9 Å². The van der Waals surface area contributed by atoms with Crippen LogP contribution in [-0.2, 0) is 5.54 Å². The number of benzene rings is 1. The largest absolute Gasteiger partial charge is 0.494 e. The first-order valence-electron chi connectivity index (χ1n) is 5.39. The maximum atomic E-state index is 13.8. The smallest absolute Gasteiger partial charge is 0.165 e. The molecule has 1 aromatic rings. The van der Waals surface area contributed by atoms with Crippen LogP contribution in [-0.4, -0.2) is 7.11 Å². The van der Waals surface area contributed by atoms with E-state index in [9.17, 15) is 8.78 Å². The summed E-state index contributed by atoms with van der Waals surface area (Å²) < 4.78 is 32.0. The molecule has 0 heterocycles.